The molecule has 0 aromatic heterocycles. The van der Waals surface area contributed by atoms with Gasteiger partial charge in [0.1, 0.15) is 0 Å². The van der Waals surface area contributed by atoms with Gasteiger partial charge in [0.05, 0.1) is 13.2 Å². The zero-order valence-corrected chi connectivity index (χ0v) is 13.5. The standard InChI is InChI=1S/C14H23BrN2O2/c1-16-11-12-4-5-13(10-14(12)15)17(6-8-18-2)7-9-19-3/h4-5,10,16H,6-9,11H2,1-3H3. The molecule has 19 heavy (non-hydrogen) atoms. The summed E-state index contributed by atoms with van der Waals surface area (Å²) in [5.74, 6) is 0. The van der Waals surface area contributed by atoms with Crippen LogP contribution in [0, 0.1) is 0 Å². The molecule has 4 nitrogen and oxygen atoms in total. The molecule has 0 aliphatic rings. The maximum absolute atomic E-state index is 5.16. The maximum Gasteiger partial charge on any atom is 0.0637 e. The average Bonchev–Trinajstić information content (AvgIpc) is 2.41. The lowest BCUT2D eigenvalue weighted by Gasteiger charge is -2.25. The number of benzene rings is 1. The second-order valence-corrected chi connectivity index (χ2v) is 5.13. The minimum Gasteiger partial charge on any atom is -0.383 e. The van der Waals surface area contributed by atoms with E-state index >= 15 is 0 Å². The summed E-state index contributed by atoms with van der Waals surface area (Å²) in [6.45, 7) is 3.99. The van der Waals surface area contributed by atoms with Crippen LogP contribution in [0.25, 0.3) is 0 Å². The van der Waals surface area contributed by atoms with E-state index in [1.54, 1.807) is 14.2 Å². The molecule has 0 fully saturated rings. The molecule has 1 N–H and O–H groups in total. The highest BCUT2D eigenvalue weighted by atomic mass is 79.9. The molecule has 0 unspecified atom stereocenters. The molecule has 1 aromatic rings. The van der Waals surface area contributed by atoms with Crippen LogP contribution in [0.15, 0.2) is 22.7 Å². The van der Waals surface area contributed by atoms with Crippen LogP contribution in [0.4, 0.5) is 5.69 Å². The third kappa shape index (κ3) is 5.48. The van der Waals surface area contributed by atoms with E-state index < -0.39 is 0 Å². The van der Waals surface area contributed by atoms with E-state index in [1.807, 2.05) is 7.05 Å². The van der Waals surface area contributed by atoms with Crippen molar-refractivity contribution < 1.29 is 9.47 Å². The Bertz CT molecular complexity index is 366. The van der Waals surface area contributed by atoms with Crippen LogP contribution in [0.2, 0.25) is 0 Å². The van der Waals surface area contributed by atoms with Crippen molar-refractivity contribution in [3.05, 3.63) is 28.2 Å². The molecule has 0 aliphatic heterocycles. The highest BCUT2D eigenvalue weighted by molar-refractivity contribution is 9.10. The minimum atomic E-state index is 0.708. The number of hydrogen-bond acceptors (Lipinski definition) is 4. The smallest absolute Gasteiger partial charge is 0.0637 e. The Morgan fingerprint density at radius 3 is 2.26 bits per heavy atom. The quantitative estimate of drug-likeness (QED) is 0.753. The Hall–Kier alpha value is -0.620. The maximum atomic E-state index is 5.16. The van der Waals surface area contributed by atoms with Crippen LogP contribution < -0.4 is 10.2 Å². The fourth-order valence-corrected chi connectivity index (χ4v) is 2.35. The predicted octanol–water partition coefficient (Wildman–Crippen LogP) is 2.27. The number of hydrogen-bond donors (Lipinski definition) is 1. The first-order chi connectivity index (χ1) is 9.22. The third-order valence-electron chi connectivity index (χ3n) is 2.90. The highest BCUT2D eigenvalue weighted by Crippen LogP contribution is 2.24. The number of methoxy groups -OCH3 is 2. The van der Waals surface area contributed by atoms with Gasteiger partial charge in [-0.3, -0.25) is 0 Å². The monoisotopic (exact) mass is 330 g/mol. The largest absolute Gasteiger partial charge is 0.383 e. The van der Waals surface area contributed by atoms with Crippen molar-refractivity contribution in [3.8, 4) is 0 Å². The highest BCUT2D eigenvalue weighted by Gasteiger charge is 2.08. The first-order valence-corrected chi connectivity index (χ1v) is 7.18. The van der Waals surface area contributed by atoms with Gasteiger partial charge in [0.25, 0.3) is 0 Å². The van der Waals surface area contributed by atoms with Crippen molar-refractivity contribution in [3.63, 3.8) is 0 Å². The van der Waals surface area contributed by atoms with E-state index in [1.165, 1.54) is 11.3 Å². The summed E-state index contributed by atoms with van der Waals surface area (Å²) < 4.78 is 11.4. The molecule has 0 atom stereocenters. The number of nitrogens with zero attached hydrogens (tertiary/aromatic N) is 1. The van der Waals surface area contributed by atoms with Crippen LogP contribution in [0.5, 0.6) is 0 Å². The van der Waals surface area contributed by atoms with Gasteiger partial charge in [0.15, 0.2) is 0 Å². The average molecular weight is 331 g/mol. The summed E-state index contributed by atoms with van der Waals surface area (Å²) >= 11 is 3.62. The predicted molar refractivity (Wildman–Crippen MR) is 82.9 cm³/mol. The molecular weight excluding hydrogens is 308 g/mol. The summed E-state index contributed by atoms with van der Waals surface area (Å²) in [5, 5.41) is 3.16. The lowest BCUT2D eigenvalue weighted by atomic mass is 10.2. The molecule has 0 saturated heterocycles. The molecule has 0 amide bonds. The van der Waals surface area contributed by atoms with Crippen LogP contribution >= 0.6 is 15.9 Å². The van der Waals surface area contributed by atoms with E-state index in [0.717, 1.165) is 24.1 Å². The van der Waals surface area contributed by atoms with Crippen molar-refractivity contribution in [2.45, 2.75) is 6.54 Å². The van der Waals surface area contributed by atoms with E-state index in [0.29, 0.717) is 13.2 Å². The topological polar surface area (TPSA) is 33.7 Å². The second kappa shape index (κ2) is 9.31. The number of rotatable bonds is 9. The SMILES string of the molecule is CNCc1ccc(N(CCOC)CCOC)cc1Br. The van der Waals surface area contributed by atoms with Gasteiger partial charge in [-0.1, -0.05) is 22.0 Å². The molecule has 0 spiro atoms. The molecule has 0 radical (unpaired) electrons. The van der Waals surface area contributed by atoms with Crippen LogP contribution in [-0.2, 0) is 16.0 Å². The zero-order chi connectivity index (χ0) is 14.1. The lowest BCUT2D eigenvalue weighted by molar-refractivity contribution is 0.190. The summed E-state index contributed by atoms with van der Waals surface area (Å²) in [7, 11) is 5.39. The fraction of sp³-hybridized carbons (Fsp3) is 0.571. The molecule has 1 aromatic carbocycles. The molecule has 1 rings (SSSR count). The van der Waals surface area contributed by atoms with Gasteiger partial charge in [-0.05, 0) is 24.7 Å². The molecule has 0 saturated carbocycles. The molecule has 0 bridgehead atoms. The number of ether oxygens (including phenoxy) is 2. The Morgan fingerprint density at radius 2 is 1.79 bits per heavy atom. The van der Waals surface area contributed by atoms with Gasteiger partial charge >= 0.3 is 0 Å². The van der Waals surface area contributed by atoms with Crippen LogP contribution in [0.3, 0.4) is 0 Å². The van der Waals surface area contributed by atoms with Crippen molar-refractivity contribution >= 4 is 21.6 Å². The first-order valence-electron chi connectivity index (χ1n) is 6.38. The Kier molecular flexibility index (Phi) is 8.05. The van der Waals surface area contributed by atoms with Gasteiger partial charge in [0, 0.05) is 44.0 Å². The third-order valence-corrected chi connectivity index (χ3v) is 3.64. The summed E-state index contributed by atoms with van der Waals surface area (Å²) in [6, 6.07) is 6.43. The van der Waals surface area contributed by atoms with E-state index in [-0.39, 0.29) is 0 Å². The normalized spacial score (nSPS) is 10.7. The first kappa shape index (κ1) is 16.4. The molecule has 0 aliphatic carbocycles. The van der Waals surface area contributed by atoms with Crippen molar-refractivity contribution in [1.29, 1.82) is 0 Å². The van der Waals surface area contributed by atoms with Gasteiger partial charge in [-0.15, -0.1) is 0 Å². The Labute approximate surface area is 124 Å². The minimum absolute atomic E-state index is 0.708. The number of nitrogens with one attached hydrogen (secondary N) is 1. The molecule has 0 heterocycles. The summed E-state index contributed by atoms with van der Waals surface area (Å²) in [6.07, 6.45) is 0. The summed E-state index contributed by atoms with van der Waals surface area (Å²) in [5.41, 5.74) is 2.44. The number of halogens is 1. The van der Waals surface area contributed by atoms with Crippen molar-refractivity contribution in [2.24, 2.45) is 0 Å². The van der Waals surface area contributed by atoms with Crippen LogP contribution in [-0.4, -0.2) is 47.6 Å². The Balaban J connectivity index is 2.79. The number of anilines is 1. The van der Waals surface area contributed by atoms with Gasteiger partial charge < -0.3 is 19.7 Å². The van der Waals surface area contributed by atoms with Crippen molar-refractivity contribution in [2.75, 3.05) is 52.5 Å². The molecule has 108 valence electrons. The van der Waals surface area contributed by atoms with Crippen molar-refractivity contribution in [1.82, 2.24) is 5.32 Å². The van der Waals surface area contributed by atoms with Gasteiger partial charge in [-0.25, -0.2) is 0 Å². The molecular formula is C14H23BrN2O2. The lowest BCUT2D eigenvalue weighted by Crippen LogP contribution is -2.30. The second-order valence-electron chi connectivity index (χ2n) is 4.28. The fourth-order valence-electron chi connectivity index (χ4n) is 1.84. The Morgan fingerprint density at radius 1 is 1.16 bits per heavy atom. The van der Waals surface area contributed by atoms with Gasteiger partial charge in [0.2, 0.25) is 0 Å². The van der Waals surface area contributed by atoms with Crippen LogP contribution in [0.1, 0.15) is 5.56 Å². The van der Waals surface area contributed by atoms with Gasteiger partial charge in [-0.2, -0.15) is 0 Å². The zero-order valence-electron chi connectivity index (χ0n) is 11.9. The summed E-state index contributed by atoms with van der Waals surface area (Å²) in [4.78, 5) is 2.26. The van der Waals surface area contributed by atoms with E-state index in [9.17, 15) is 0 Å². The van der Waals surface area contributed by atoms with E-state index in [4.69, 9.17) is 9.47 Å². The molecule has 5 heteroatoms. The van der Waals surface area contributed by atoms with E-state index in [2.05, 4.69) is 44.3 Å².